The third-order valence-electron chi connectivity index (χ3n) is 4.38. The number of halogens is 1. The van der Waals surface area contributed by atoms with Crippen molar-refractivity contribution in [2.45, 2.75) is 13.0 Å². The summed E-state index contributed by atoms with van der Waals surface area (Å²) in [6.07, 6.45) is 3.60. The van der Waals surface area contributed by atoms with Crippen LogP contribution < -0.4 is 10.9 Å². The number of imidazole rings is 1. The van der Waals surface area contributed by atoms with E-state index < -0.39 is 0 Å². The van der Waals surface area contributed by atoms with Crippen molar-refractivity contribution in [1.29, 1.82) is 0 Å². The quantitative estimate of drug-likeness (QED) is 0.396. The van der Waals surface area contributed by atoms with Gasteiger partial charge in [0.25, 0.3) is 0 Å². The van der Waals surface area contributed by atoms with Crippen molar-refractivity contribution in [3.63, 3.8) is 0 Å². The predicted octanol–water partition coefficient (Wildman–Crippen LogP) is 3.37. The average Bonchev–Trinajstić information content (AvgIpc) is 3.29. The molecule has 3 aromatic heterocycles. The van der Waals surface area contributed by atoms with E-state index in [1.54, 1.807) is 25.4 Å². The molecule has 4 rings (SSSR count). The third-order valence-corrected chi connectivity index (χ3v) is 5.14. The number of hydrogen-bond donors (Lipinski definition) is 1. The van der Waals surface area contributed by atoms with E-state index in [4.69, 9.17) is 15.6 Å². The van der Waals surface area contributed by atoms with E-state index in [0.717, 1.165) is 21.9 Å². The van der Waals surface area contributed by atoms with Crippen molar-refractivity contribution in [2.24, 2.45) is 5.84 Å². The summed E-state index contributed by atoms with van der Waals surface area (Å²) in [6.45, 7) is 2.38. The summed E-state index contributed by atoms with van der Waals surface area (Å²) in [7, 11) is 1.62. The van der Waals surface area contributed by atoms with Crippen molar-refractivity contribution in [1.82, 2.24) is 19.4 Å². The molecule has 0 saturated carbocycles. The van der Waals surface area contributed by atoms with Gasteiger partial charge in [-0.25, -0.2) is 25.2 Å². The number of hydrazine groups is 1. The van der Waals surface area contributed by atoms with Crippen LogP contribution in [0.4, 0.5) is 10.3 Å². The smallest absolute Gasteiger partial charge is 0.240 e. The van der Waals surface area contributed by atoms with Crippen LogP contribution in [0.15, 0.2) is 48.1 Å². The highest BCUT2D eigenvalue weighted by Gasteiger charge is 2.20. The largest absolute Gasteiger partial charge is 0.382 e. The topological polar surface area (TPSA) is 81.6 Å². The average molecular weight is 398 g/mol. The van der Waals surface area contributed by atoms with Gasteiger partial charge in [-0.3, -0.25) is 9.41 Å². The fraction of sp³-hybridized carbons (Fsp3) is 0.211. The number of hydrogen-bond acceptors (Lipinski definition) is 7. The van der Waals surface area contributed by atoms with E-state index in [1.165, 1.54) is 28.5 Å². The molecule has 2 N–H and O–H groups in total. The van der Waals surface area contributed by atoms with Gasteiger partial charge >= 0.3 is 0 Å². The zero-order valence-electron chi connectivity index (χ0n) is 15.4. The summed E-state index contributed by atoms with van der Waals surface area (Å²) < 4.78 is 20.5. The number of anilines is 1. The fourth-order valence-electron chi connectivity index (χ4n) is 2.96. The van der Waals surface area contributed by atoms with Crippen LogP contribution in [0.25, 0.3) is 27.6 Å². The normalized spacial score (nSPS) is 12.4. The van der Waals surface area contributed by atoms with Crippen molar-refractivity contribution in [2.75, 3.05) is 18.7 Å². The van der Waals surface area contributed by atoms with Crippen LogP contribution in [0.3, 0.4) is 0 Å². The Bertz CT molecular complexity index is 1090. The fourth-order valence-corrected chi connectivity index (χ4v) is 3.68. The lowest BCUT2D eigenvalue weighted by molar-refractivity contribution is 0.181. The molecule has 1 aromatic carbocycles. The molecular formula is C19H19FN6OS. The molecule has 0 fully saturated rings. The summed E-state index contributed by atoms with van der Waals surface area (Å²) >= 11 is 1.52. The number of ether oxygens (including phenoxy) is 1. The van der Waals surface area contributed by atoms with Crippen LogP contribution in [0.2, 0.25) is 0 Å². The maximum absolute atomic E-state index is 13.4. The number of benzene rings is 1. The van der Waals surface area contributed by atoms with Crippen LogP contribution in [0.5, 0.6) is 0 Å². The summed E-state index contributed by atoms with van der Waals surface area (Å²) in [6, 6.07) is 7.99. The summed E-state index contributed by atoms with van der Waals surface area (Å²) in [5, 5.41) is 3.44. The maximum atomic E-state index is 13.4. The minimum absolute atomic E-state index is 0.0941. The molecule has 0 amide bonds. The van der Waals surface area contributed by atoms with E-state index in [0.29, 0.717) is 18.2 Å². The van der Waals surface area contributed by atoms with Crippen LogP contribution >= 0.6 is 11.3 Å². The van der Waals surface area contributed by atoms with Crippen molar-refractivity contribution in [3.8, 4) is 22.6 Å². The number of thiazole rings is 1. The van der Waals surface area contributed by atoms with Crippen LogP contribution in [0.1, 0.15) is 6.92 Å². The van der Waals surface area contributed by atoms with Gasteiger partial charge in [0, 0.05) is 30.4 Å². The predicted molar refractivity (Wildman–Crippen MR) is 107 cm³/mol. The Labute approximate surface area is 165 Å². The number of nitrogens with two attached hydrogens (primary N) is 1. The van der Waals surface area contributed by atoms with Gasteiger partial charge < -0.3 is 4.74 Å². The molecule has 144 valence electrons. The van der Waals surface area contributed by atoms with Crippen molar-refractivity contribution < 1.29 is 9.13 Å². The van der Waals surface area contributed by atoms with Crippen molar-refractivity contribution >= 4 is 22.2 Å². The molecule has 0 aliphatic rings. The van der Waals surface area contributed by atoms with Crippen molar-refractivity contribution in [3.05, 3.63) is 53.9 Å². The minimum Gasteiger partial charge on any atom is -0.382 e. The van der Waals surface area contributed by atoms with Gasteiger partial charge in [0.05, 0.1) is 24.0 Å². The SMILES string of the molecule is COC[C@@H](C)N(N)c1nccc(-c2c(-c3ccc(F)cc3)nc3sccn23)n1. The van der Waals surface area contributed by atoms with Gasteiger partial charge in [0.15, 0.2) is 4.96 Å². The Morgan fingerprint density at radius 2 is 2.04 bits per heavy atom. The molecule has 3 heterocycles. The highest BCUT2D eigenvalue weighted by atomic mass is 32.1. The molecule has 0 bridgehead atoms. The Morgan fingerprint density at radius 1 is 1.25 bits per heavy atom. The Balaban J connectivity index is 1.83. The van der Waals surface area contributed by atoms with Crippen LogP contribution in [-0.4, -0.2) is 39.1 Å². The van der Waals surface area contributed by atoms with E-state index in [1.807, 2.05) is 29.0 Å². The van der Waals surface area contributed by atoms with Crippen LogP contribution in [0, 0.1) is 5.82 Å². The molecule has 0 spiro atoms. The molecular weight excluding hydrogens is 379 g/mol. The summed E-state index contributed by atoms with van der Waals surface area (Å²) in [5.74, 6) is 6.27. The highest BCUT2D eigenvalue weighted by Crippen LogP contribution is 2.33. The molecule has 4 aromatic rings. The molecule has 0 aliphatic carbocycles. The number of fused-ring (bicyclic) bond motifs is 1. The molecule has 9 heteroatoms. The van der Waals surface area contributed by atoms with E-state index in [9.17, 15) is 4.39 Å². The van der Waals surface area contributed by atoms with Gasteiger partial charge in [-0.1, -0.05) is 0 Å². The molecule has 0 saturated heterocycles. The number of nitrogens with zero attached hydrogens (tertiary/aromatic N) is 5. The first-order valence-corrected chi connectivity index (χ1v) is 9.54. The Morgan fingerprint density at radius 3 is 2.79 bits per heavy atom. The maximum Gasteiger partial charge on any atom is 0.240 e. The summed E-state index contributed by atoms with van der Waals surface area (Å²) in [5.41, 5.74) is 3.02. The molecule has 0 radical (unpaired) electrons. The lowest BCUT2D eigenvalue weighted by Crippen LogP contribution is -2.43. The first kappa shape index (κ1) is 18.5. The van der Waals surface area contributed by atoms with Crippen LogP contribution in [-0.2, 0) is 4.74 Å². The standard InChI is InChI=1S/C19H19FN6OS/c1-12(11-27-2)26(21)18-22-8-7-15(23-18)17-16(13-3-5-14(20)6-4-13)24-19-25(17)9-10-28-19/h3-10,12H,11,21H2,1-2H3/t12-/m1/s1. The second-order valence-electron chi connectivity index (χ2n) is 6.33. The van der Waals surface area contributed by atoms with E-state index in [2.05, 4.69) is 9.97 Å². The molecule has 7 nitrogen and oxygen atoms in total. The second kappa shape index (κ2) is 7.63. The highest BCUT2D eigenvalue weighted by molar-refractivity contribution is 7.15. The van der Waals surface area contributed by atoms with Gasteiger partial charge in [-0.2, -0.15) is 0 Å². The number of rotatable bonds is 6. The number of aromatic nitrogens is 4. The molecule has 0 aliphatic heterocycles. The summed E-state index contributed by atoms with van der Waals surface area (Å²) in [4.78, 5) is 14.5. The van der Waals surface area contributed by atoms with E-state index >= 15 is 0 Å². The Kier molecular flexibility index (Phi) is 5.03. The van der Waals surface area contributed by atoms with Gasteiger partial charge in [0.2, 0.25) is 5.95 Å². The lowest BCUT2D eigenvalue weighted by Gasteiger charge is -2.23. The minimum atomic E-state index is -0.290. The zero-order chi connectivity index (χ0) is 19.7. The second-order valence-corrected chi connectivity index (χ2v) is 7.20. The first-order valence-electron chi connectivity index (χ1n) is 8.66. The molecule has 28 heavy (non-hydrogen) atoms. The molecule has 1 atom stereocenters. The van der Waals surface area contributed by atoms with E-state index in [-0.39, 0.29) is 11.9 Å². The van der Waals surface area contributed by atoms with Gasteiger partial charge in [0.1, 0.15) is 11.5 Å². The Hall–Kier alpha value is -2.88. The number of methoxy groups -OCH3 is 1. The zero-order valence-corrected chi connectivity index (χ0v) is 16.2. The molecule has 0 unspecified atom stereocenters. The monoisotopic (exact) mass is 398 g/mol. The third kappa shape index (κ3) is 3.35. The van der Waals surface area contributed by atoms with Gasteiger partial charge in [-0.15, -0.1) is 11.3 Å². The first-order chi connectivity index (χ1) is 13.6. The lowest BCUT2D eigenvalue weighted by atomic mass is 10.1. The van der Waals surface area contributed by atoms with Gasteiger partial charge in [-0.05, 0) is 37.3 Å².